The molecule has 0 saturated carbocycles. The molecule has 0 unspecified atom stereocenters. The lowest BCUT2D eigenvalue weighted by molar-refractivity contribution is 0.00578. The van der Waals surface area contributed by atoms with Crippen LogP contribution in [-0.2, 0) is 15.7 Å². The standard InChI is InChI=1S/C17H22BFN2O2/c1-16(2)17(3,4)23-18(22-16)14(11-21)9-13-10-15(19)6-5-12(13)7-8-20/h5-6,9-10H,7,11,21H2,1-4H3. The van der Waals surface area contributed by atoms with Gasteiger partial charge in [0.25, 0.3) is 0 Å². The molecule has 6 heteroatoms. The van der Waals surface area contributed by atoms with E-state index in [4.69, 9.17) is 20.3 Å². The van der Waals surface area contributed by atoms with Crippen LogP contribution in [0.4, 0.5) is 4.39 Å². The van der Waals surface area contributed by atoms with Crippen molar-refractivity contribution in [1.29, 1.82) is 5.26 Å². The fourth-order valence-corrected chi connectivity index (χ4v) is 2.36. The summed E-state index contributed by atoms with van der Waals surface area (Å²) in [4.78, 5) is 0. The molecular weight excluding hydrogens is 294 g/mol. The maximum absolute atomic E-state index is 13.6. The van der Waals surface area contributed by atoms with Gasteiger partial charge < -0.3 is 15.0 Å². The van der Waals surface area contributed by atoms with Gasteiger partial charge in [0.2, 0.25) is 0 Å². The predicted octanol–water partition coefficient (Wildman–Crippen LogP) is 2.87. The van der Waals surface area contributed by atoms with Gasteiger partial charge in [-0.2, -0.15) is 5.26 Å². The van der Waals surface area contributed by atoms with E-state index in [0.717, 1.165) is 5.56 Å². The van der Waals surface area contributed by atoms with E-state index in [2.05, 4.69) is 6.07 Å². The van der Waals surface area contributed by atoms with Crippen molar-refractivity contribution in [2.24, 2.45) is 5.73 Å². The monoisotopic (exact) mass is 316 g/mol. The zero-order valence-corrected chi connectivity index (χ0v) is 14.0. The van der Waals surface area contributed by atoms with Gasteiger partial charge in [0.05, 0.1) is 23.7 Å². The van der Waals surface area contributed by atoms with Crippen molar-refractivity contribution < 1.29 is 13.7 Å². The van der Waals surface area contributed by atoms with Gasteiger partial charge in [0.1, 0.15) is 5.82 Å². The zero-order chi connectivity index (χ0) is 17.3. The molecule has 1 saturated heterocycles. The molecule has 1 aromatic carbocycles. The zero-order valence-electron chi connectivity index (χ0n) is 14.0. The lowest BCUT2D eigenvalue weighted by Crippen LogP contribution is -2.41. The molecule has 1 fully saturated rings. The van der Waals surface area contributed by atoms with E-state index in [9.17, 15) is 4.39 Å². The van der Waals surface area contributed by atoms with Crippen LogP contribution < -0.4 is 5.73 Å². The molecule has 0 atom stereocenters. The van der Waals surface area contributed by atoms with E-state index in [1.165, 1.54) is 12.1 Å². The average Bonchev–Trinajstić information content (AvgIpc) is 2.67. The number of halogens is 1. The third-order valence-electron chi connectivity index (χ3n) is 4.51. The van der Waals surface area contributed by atoms with E-state index >= 15 is 0 Å². The Morgan fingerprint density at radius 1 is 1.30 bits per heavy atom. The molecular formula is C17H22BFN2O2. The van der Waals surface area contributed by atoms with E-state index in [1.54, 1.807) is 12.1 Å². The molecule has 0 amide bonds. The minimum atomic E-state index is -0.580. The SMILES string of the molecule is CC1(C)OB(C(=Cc2cc(F)ccc2CC#N)CN)OC1(C)C. The number of hydrogen-bond acceptors (Lipinski definition) is 4. The molecule has 0 spiro atoms. The summed E-state index contributed by atoms with van der Waals surface area (Å²) < 4.78 is 25.5. The highest BCUT2D eigenvalue weighted by atomic mass is 19.1. The molecule has 122 valence electrons. The summed E-state index contributed by atoms with van der Waals surface area (Å²) in [7, 11) is -0.580. The van der Waals surface area contributed by atoms with E-state index in [0.29, 0.717) is 11.0 Å². The maximum atomic E-state index is 13.6. The molecule has 4 nitrogen and oxygen atoms in total. The summed E-state index contributed by atoms with van der Waals surface area (Å²) in [6, 6.07) is 6.44. The smallest absolute Gasteiger partial charge is 0.400 e. The Bertz CT molecular complexity index is 649. The van der Waals surface area contributed by atoms with Crippen LogP contribution in [0.1, 0.15) is 38.8 Å². The molecule has 1 heterocycles. The van der Waals surface area contributed by atoms with Crippen molar-refractivity contribution >= 4 is 13.2 Å². The Morgan fingerprint density at radius 3 is 2.43 bits per heavy atom. The van der Waals surface area contributed by atoms with Crippen LogP contribution in [0.25, 0.3) is 6.08 Å². The summed E-state index contributed by atoms with van der Waals surface area (Å²) in [5.41, 5.74) is 7.00. The van der Waals surface area contributed by atoms with Crippen LogP contribution in [0.15, 0.2) is 23.7 Å². The highest BCUT2D eigenvalue weighted by Gasteiger charge is 2.52. The largest absolute Gasteiger partial charge is 0.491 e. The van der Waals surface area contributed by atoms with Crippen molar-refractivity contribution in [2.45, 2.75) is 45.3 Å². The summed E-state index contributed by atoms with van der Waals surface area (Å²) in [6.07, 6.45) is 1.96. The predicted molar refractivity (Wildman–Crippen MR) is 88.8 cm³/mol. The van der Waals surface area contributed by atoms with Gasteiger partial charge in [0, 0.05) is 6.54 Å². The summed E-state index contributed by atoms with van der Waals surface area (Å²) in [5, 5.41) is 8.92. The molecule has 1 aliphatic heterocycles. The Morgan fingerprint density at radius 2 is 1.91 bits per heavy atom. The Hall–Kier alpha value is -1.68. The fourth-order valence-electron chi connectivity index (χ4n) is 2.36. The van der Waals surface area contributed by atoms with Crippen molar-refractivity contribution in [2.75, 3.05) is 6.54 Å². The van der Waals surface area contributed by atoms with E-state index < -0.39 is 18.3 Å². The average molecular weight is 316 g/mol. The minimum absolute atomic E-state index is 0.202. The van der Waals surface area contributed by atoms with Gasteiger partial charge in [0.15, 0.2) is 0 Å². The van der Waals surface area contributed by atoms with Crippen molar-refractivity contribution in [3.8, 4) is 6.07 Å². The van der Waals surface area contributed by atoms with Gasteiger partial charge in [-0.3, -0.25) is 0 Å². The van der Waals surface area contributed by atoms with E-state index in [-0.39, 0.29) is 18.8 Å². The second-order valence-corrected chi connectivity index (χ2v) is 6.69. The molecule has 0 aliphatic carbocycles. The maximum Gasteiger partial charge on any atom is 0.491 e. The lowest BCUT2D eigenvalue weighted by Gasteiger charge is -2.32. The van der Waals surface area contributed by atoms with Crippen LogP contribution in [-0.4, -0.2) is 24.9 Å². The molecule has 0 aromatic heterocycles. The summed E-state index contributed by atoms with van der Waals surface area (Å²) >= 11 is 0. The number of nitrogens with zero attached hydrogens (tertiary/aromatic N) is 1. The van der Waals surface area contributed by atoms with E-state index in [1.807, 2.05) is 27.7 Å². The highest BCUT2D eigenvalue weighted by molar-refractivity contribution is 6.55. The molecule has 0 bridgehead atoms. The molecule has 0 radical (unpaired) electrons. The first kappa shape index (κ1) is 17.7. The fraction of sp³-hybridized carbons (Fsp3) is 0.471. The van der Waals surface area contributed by atoms with Crippen LogP contribution in [0.3, 0.4) is 0 Å². The molecule has 23 heavy (non-hydrogen) atoms. The number of nitriles is 1. The third-order valence-corrected chi connectivity index (χ3v) is 4.51. The second kappa shape index (κ2) is 6.44. The number of benzene rings is 1. The molecule has 2 rings (SSSR count). The minimum Gasteiger partial charge on any atom is -0.400 e. The Labute approximate surface area is 137 Å². The normalized spacial score (nSPS) is 19.7. The first-order valence-electron chi connectivity index (χ1n) is 7.62. The summed E-state index contributed by atoms with van der Waals surface area (Å²) in [6.45, 7) is 8.07. The Kier molecular flexibility index (Phi) is 4.95. The van der Waals surface area contributed by atoms with Crippen LogP contribution in [0, 0.1) is 17.1 Å². The van der Waals surface area contributed by atoms with Crippen LogP contribution >= 0.6 is 0 Å². The highest BCUT2D eigenvalue weighted by Crippen LogP contribution is 2.38. The Balaban J connectivity index is 2.38. The quantitative estimate of drug-likeness (QED) is 0.867. The van der Waals surface area contributed by atoms with Crippen LogP contribution in [0.2, 0.25) is 0 Å². The first-order valence-corrected chi connectivity index (χ1v) is 7.62. The molecule has 2 N–H and O–H groups in total. The van der Waals surface area contributed by atoms with Gasteiger partial charge in [-0.15, -0.1) is 0 Å². The lowest BCUT2D eigenvalue weighted by atomic mass is 9.76. The topological polar surface area (TPSA) is 68.3 Å². The number of rotatable bonds is 4. The van der Waals surface area contributed by atoms with Crippen molar-refractivity contribution in [3.63, 3.8) is 0 Å². The summed E-state index contributed by atoms with van der Waals surface area (Å²) in [5.74, 6) is -0.358. The number of nitrogens with two attached hydrogens (primary N) is 1. The van der Waals surface area contributed by atoms with Gasteiger partial charge in [-0.25, -0.2) is 4.39 Å². The van der Waals surface area contributed by atoms with Gasteiger partial charge >= 0.3 is 7.12 Å². The molecule has 1 aromatic rings. The van der Waals surface area contributed by atoms with Crippen LogP contribution in [0.5, 0.6) is 0 Å². The van der Waals surface area contributed by atoms with Gasteiger partial charge in [-0.1, -0.05) is 12.1 Å². The number of hydrogen-bond donors (Lipinski definition) is 1. The second-order valence-electron chi connectivity index (χ2n) is 6.69. The van der Waals surface area contributed by atoms with Crippen molar-refractivity contribution in [1.82, 2.24) is 0 Å². The van der Waals surface area contributed by atoms with Gasteiger partial charge in [-0.05, 0) is 56.4 Å². The third kappa shape index (κ3) is 3.64. The first-order chi connectivity index (χ1) is 10.7. The molecule has 1 aliphatic rings. The van der Waals surface area contributed by atoms with Crippen molar-refractivity contribution in [3.05, 3.63) is 40.6 Å².